The Balaban J connectivity index is 1.31. The molecule has 2 aliphatic heterocycles. The zero-order valence-electron chi connectivity index (χ0n) is 39.5. The van der Waals surface area contributed by atoms with E-state index < -0.39 is 85.6 Å². The molecule has 16 nitrogen and oxygen atoms in total. The Hall–Kier alpha value is -5.59. The molecule has 19 heteroatoms. The summed E-state index contributed by atoms with van der Waals surface area (Å²) in [6.45, 7) is 11.3. The third-order valence-electron chi connectivity index (χ3n) is 14.0. The van der Waals surface area contributed by atoms with E-state index in [1.54, 1.807) is 55.6 Å². The number of hydrogen-bond acceptors (Lipinski definition) is 11. The molecule has 0 radical (unpaired) electrons. The smallest absolute Gasteiger partial charge is 0.408 e. The van der Waals surface area contributed by atoms with E-state index in [4.69, 9.17) is 19.2 Å². The third kappa shape index (κ3) is 9.88. The molecule has 0 bridgehead atoms. The molecule has 3 fully saturated rings. The van der Waals surface area contributed by atoms with Gasteiger partial charge in [-0.05, 0) is 127 Å². The molecular formula is C48H62F2N6O10S. The van der Waals surface area contributed by atoms with E-state index in [1.165, 1.54) is 14.0 Å². The summed E-state index contributed by atoms with van der Waals surface area (Å²) in [7, 11) is -2.60. The minimum atomic E-state index is -4.12. The van der Waals surface area contributed by atoms with Crippen LogP contribution in [0.5, 0.6) is 17.4 Å². The maximum atomic E-state index is 15.6. The lowest BCUT2D eigenvalue weighted by molar-refractivity contribution is -0.156. The Kier molecular flexibility index (Phi) is 13.4. The zero-order valence-corrected chi connectivity index (χ0v) is 40.3. The minimum absolute atomic E-state index is 0.0699. The van der Waals surface area contributed by atoms with Crippen LogP contribution in [0.2, 0.25) is 0 Å². The van der Waals surface area contributed by atoms with Crippen molar-refractivity contribution in [1.29, 1.82) is 0 Å². The maximum absolute atomic E-state index is 15.6. The van der Waals surface area contributed by atoms with Gasteiger partial charge in [0.15, 0.2) is 0 Å². The van der Waals surface area contributed by atoms with Crippen LogP contribution in [0.1, 0.15) is 100 Å². The average Bonchev–Trinajstić information content (AvgIpc) is 4.13. The molecule has 3 N–H and O–H groups in total. The van der Waals surface area contributed by atoms with E-state index >= 15 is 13.6 Å². The Morgan fingerprint density at radius 1 is 1.04 bits per heavy atom. The molecule has 364 valence electrons. The standard InChI is InChI=1S/C48H62F2N6O10S/c1-27(2)65-33-15-17-36(51-25-33)37-22-30-21-32(64-9)14-16-35(30)41(52-37)66-34-23-38-40(57)53-48(43(59)54-67(62,63)46(7)18-19-46)24-31(48)13-11-10-12-28(3)20-29(4)39(42(58)55(38)26-34)56(44(60)61)45(5,6)47(8,49)50/h11,13-17,21-22,25,27-29,31,34,38-39H,10,12,18-20,23-24,26H2,1-9H3,(H,53,57)(H,54,59)(H,60,61)/b13-11-/t28-,29-,31-,34-,38+,39+,48-/m1/s1. The summed E-state index contributed by atoms with van der Waals surface area (Å²) in [5.74, 6) is -6.60. The second kappa shape index (κ2) is 18.1. The molecule has 2 saturated carbocycles. The molecule has 0 unspecified atom stereocenters. The molecular weight excluding hydrogens is 891 g/mol. The summed E-state index contributed by atoms with van der Waals surface area (Å²) >= 11 is 0. The number of alkyl halides is 2. The molecule has 4 aliphatic rings. The number of allylic oxidation sites excluding steroid dienone is 1. The van der Waals surface area contributed by atoms with E-state index in [1.807, 2.05) is 26.8 Å². The van der Waals surface area contributed by atoms with Crippen molar-refractivity contribution in [1.82, 2.24) is 29.8 Å². The second-order valence-electron chi connectivity index (χ2n) is 20.0. The maximum Gasteiger partial charge on any atom is 0.408 e. The quantitative estimate of drug-likeness (QED) is 0.155. The van der Waals surface area contributed by atoms with Crippen LogP contribution < -0.4 is 24.2 Å². The van der Waals surface area contributed by atoms with Gasteiger partial charge in [-0.15, -0.1) is 0 Å². The normalized spacial score (nSPS) is 27.1. The van der Waals surface area contributed by atoms with Gasteiger partial charge in [0.05, 0.1) is 42.1 Å². The monoisotopic (exact) mass is 952 g/mol. The van der Waals surface area contributed by atoms with Crippen molar-refractivity contribution in [2.75, 3.05) is 13.7 Å². The number of carbonyl (C=O) groups excluding carboxylic acids is 3. The number of fused-ring (bicyclic) bond motifs is 3. The van der Waals surface area contributed by atoms with Crippen molar-refractivity contribution >= 4 is 44.6 Å². The van der Waals surface area contributed by atoms with Gasteiger partial charge in [0.1, 0.15) is 40.8 Å². The molecule has 7 rings (SSSR count). The Morgan fingerprint density at radius 2 is 1.75 bits per heavy atom. The number of pyridine rings is 2. The highest BCUT2D eigenvalue weighted by Crippen LogP contribution is 2.48. The van der Waals surface area contributed by atoms with Crippen molar-refractivity contribution in [2.45, 2.75) is 146 Å². The molecule has 1 saturated heterocycles. The van der Waals surface area contributed by atoms with Crippen LogP contribution >= 0.6 is 0 Å². The van der Waals surface area contributed by atoms with Crippen LogP contribution in [0.25, 0.3) is 22.2 Å². The molecule has 1 aromatic carbocycles. The molecule has 7 atom stereocenters. The van der Waals surface area contributed by atoms with Gasteiger partial charge in [-0.2, -0.15) is 0 Å². The van der Waals surface area contributed by atoms with E-state index in [0.717, 1.165) is 18.7 Å². The second-order valence-corrected chi connectivity index (χ2v) is 22.1. The number of hydrogen-bond donors (Lipinski definition) is 3. The van der Waals surface area contributed by atoms with Crippen molar-refractivity contribution in [2.24, 2.45) is 17.8 Å². The van der Waals surface area contributed by atoms with Crippen LogP contribution in [0, 0.1) is 17.8 Å². The first kappa shape index (κ1) is 49.3. The zero-order chi connectivity index (χ0) is 49.0. The molecule has 67 heavy (non-hydrogen) atoms. The SMILES string of the molecule is COc1ccc2c(O[C@@H]3C[C@H]4C(=O)N[C@]5(C(=O)NS(=O)(=O)C6(C)CC6)C[C@H]5/C=C\CC[C@@H](C)C[C@@H](C)[C@H](N(C(=O)O)C(C)(C)C(C)(F)F)C(=O)N4C3)nc(-c3ccc(OC(C)C)cn3)cc2c1. The largest absolute Gasteiger partial charge is 0.497 e. The van der Waals surface area contributed by atoms with Gasteiger partial charge < -0.3 is 29.5 Å². The number of rotatable bonds is 12. The topological polar surface area (TPSA) is 207 Å². The summed E-state index contributed by atoms with van der Waals surface area (Å²) in [4.78, 5) is 68.8. The fourth-order valence-electron chi connectivity index (χ4n) is 9.24. The van der Waals surface area contributed by atoms with Crippen molar-refractivity contribution in [3.63, 3.8) is 0 Å². The van der Waals surface area contributed by atoms with Gasteiger partial charge in [0.25, 0.3) is 11.8 Å². The molecule has 2 aromatic heterocycles. The number of amides is 4. The summed E-state index contributed by atoms with van der Waals surface area (Å²) in [5.41, 5.74) is -3.22. The van der Waals surface area contributed by atoms with E-state index in [2.05, 4.69) is 15.0 Å². The summed E-state index contributed by atoms with van der Waals surface area (Å²) in [6.07, 6.45) is 4.30. The molecule has 4 heterocycles. The highest BCUT2D eigenvalue weighted by atomic mass is 32.2. The van der Waals surface area contributed by atoms with Gasteiger partial charge in [-0.25, -0.2) is 27.0 Å². The van der Waals surface area contributed by atoms with Crippen LogP contribution in [0.4, 0.5) is 13.6 Å². The van der Waals surface area contributed by atoms with Gasteiger partial charge >= 0.3 is 6.09 Å². The summed E-state index contributed by atoms with van der Waals surface area (Å²) in [6, 6.07) is 7.42. The molecule has 3 aromatic rings. The number of carboxylic acid groups (broad SMARTS) is 1. The summed E-state index contributed by atoms with van der Waals surface area (Å²) in [5, 5.41) is 14.8. The van der Waals surface area contributed by atoms with Crippen LogP contribution in [0.3, 0.4) is 0 Å². The van der Waals surface area contributed by atoms with E-state index in [9.17, 15) is 27.9 Å². The predicted octanol–water partition coefficient (Wildman–Crippen LogP) is 7.11. The number of methoxy groups -OCH3 is 1. The number of halogens is 2. The number of carbonyl (C=O) groups is 4. The van der Waals surface area contributed by atoms with Gasteiger partial charge in [0.2, 0.25) is 27.7 Å². The number of nitrogens with zero attached hydrogens (tertiary/aromatic N) is 4. The van der Waals surface area contributed by atoms with E-state index in [-0.39, 0.29) is 43.7 Å². The Labute approximate surface area is 390 Å². The first-order valence-electron chi connectivity index (χ1n) is 22.9. The fraction of sp³-hybridized carbons (Fsp3) is 0.583. The number of benzene rings is 1. The number of nitrogens with one attached hydrogen (secondary N) is 2. The predicted molar refractivity (Wildman–Crippen MR) is 245 cm³/mol. The van der Waals surface area contributed by atoms with Crippen LogP contribution in [-0.4, -0.2) is 117 Å². The fourth-order valence-corrected chi connectivity index (χ4v) is 10.6. The highest BCUT2D eigenvalue weighted by molar-refractivity contribution is 7.91. The first-order valence-corrected chi connectivity index (χ1v) is 24.3. The lowest BCUT2D eigenvalue weighted by Gasteiger charge is -2.47. The number of aromatic nitrogens is 2. The number of sulfonamides is 1. The molecule has 2 aliphatic carbocycles. The van der Waals surface area contributed by atoms with Gasteiger partial charge in [-0.3, -0.25) is 29.0 Å². The summed E-state index contributed by atoms with van der Waals surface area (Å²) < 4.78 is 76.9. The number of ether oxygens (including phenoxy) is 3. The highest BCUT2D eigenvalue weighted by Gasteiger charge is 2.63. The van der Waals surface area contributed by atoms with Crippen LogP contribution in [-0.2, 0) is 24.4 Å². The average molecular weight is 953 g/mol. The van der Waals surface area contributed by atoms with Crippen molar-refractivity contribution < 1.29 is 55.7 Å². The van der Waals surface area contributed by atoms with Crippen molar-refractivity contribution in [3.8, 4) is 28.8 Å². The van der Waals surface area contributed by atoms with Gasteiger partial charge in [0, 0.05) is 24.6 Å². The molecule has 0 spiro atoms. The van der Waals surface area contributed by atoms with Crippen LogP contribution in [0.15, 0.2) is 54.7 Å². The van der Waals surface area contributed by atoms with E-state index in [0.29, 0.717) is 71.2 Å². The Morgan fingerprint density at radius 3 is 2.36 bits per heavy atom. The lowest BCUT2D eigenvalue weighted by Crippen LogP contribution is -2.66. The first-order chi connectivity index (χ1) is 31.3. The molecule has 4 amide bonds. The van der Waals surface area contributed by atoms with Gasteiger partial charge in [-0.1, -0.05) is 26.0 Å². The van der Waals surface area contributed by atoms with Crippen molar-refractivity contribution in [3.05, 3.63) is 54.7 Å². The minimum Gasteiger partial charge on any atom is -0.497 e. The third-order valence-corrected chi connectivity index (χ3v) is 16.2. The lowest BCUT2D eigenvalue weighted by atomic mass is 9.84. The Bertz CT molecular complexity index is 2550.